The van der Waals surface area contributed by atoms with Gasteiger partial charge in [0.25, 0.3) is 0 Å². The lowest BCUT2D eigenvalue weighted by Crippen LogP contribution is -2.37. The number of thioether (sulfide) groups is 1. The minimum atomic E-state index is 0.310. The van der Waals surface area contributed by atoms with Crippen LogP contribution in [0.1, 0.15) is 18.4 Å². The number of carbonyl (C=O) groups excluding carboxylic acids is 1. The van der Waals surface area contributed by atoms with Gasteiger partial charge in [-0.2, -0.15) is 11.8 Å². The molecular weight excluding hydrogens is 266 g/mol. The molecule has 1 aliphatic heterocycles. The minimum absolute atomic E-state index is 0.310. The quantitative estimate of drug-likeness (QED) is 0.845. The number of rotatable bonds is 4. The van der Waals surface area contributed by atoms with Crippen molar-refractivity contribution in [3.8, 4) is 0 Å². The van der Waals surface area contributed by atoms with Crippen LogP contribution in [0.2, 0.25) is 5.02 Å². The molecule has 0 N–H and O–H groups in total. The Balaban J connectivity index is 1.71. The smallest absolute Gasteiger partial charge is 0.222 e. The van der Waals surface area contributed by atoms with Gasteiger partial charge in [0.2, 0.25) is 5.91 Å². The third-order valence-electron chi connectivity index (χ3n) is 3.13. The van der Waals surface area contributed by atoms with Gasteiger partial charge in [-0.25, -0.2) is 0 Å². The molecule has 0 atom stereocenters. The fraction of sp³-hybridized carbons (Fsp3) is 0.500. The van der Waals surface area contributed by atoms with Crippen molar-refractivity contribution in [2.75, 3.05) is 24.6 Å². The summed E-state index contributed by atoms with van der Waals surface area (Å²) in [4.78, 5) is 13.9. The van der Waals surface area contributed by atoms with Gasteiger partial charge in [-0.1, -0.05) is 23.7 Å². The Labute approximate surface area is 118 Å². The number of benzene rings is 1. The molecule has 0 unspecified atom stereocenters. The van der Waals surface area contributed by atoms with Gasteiger partial charge in [0.1, 0.15) is 0 Å². The molecule has 1 heterocycles. The first-order chi connectivity index (χ1) is 8.75. The predicted molar refractivity (Wildman–Crippen MR) is 78.3 cm³/mol. The van der Waals surface area contributed by atoms with Gasteiger partial charge >= 0.3 is 0 Å². The minimum Gasteiger partial charge on any atom is -0.341 e. The van der Waals surface area contributed by atoms with E-state index in [4.69, 9.17) is 11.6 Å². The Kier molecular flexibility index (Phi) is 5.39. The van der Waals surface area contributed by atoms with Crippen LogP contribution in [0.4, 0.5) is 0 Å². The summed E-state index contributed by atoms with van der Waals surface area (Å²) in [7, 11) is 0. The molecule has 98 valence electrons. The molecule has 1 aromatic carbocycles. The maximum atomic E-state index is 11.9. The number of nitrogens with zero attached hydrogens (tertiary/aromatic N) is 1. The molecule has 4 heteroatoms. The molecule has 1 saturated heterocycles. The first kappa shape index (κ1) is 13.8. The highest BCUT2D eigenvalue weighted by Crippen LogP contribution is 2.14. The van der Waals surface area contributed by atoms with Crippen molar-refractivity contribution >= 4 is 29.3 Å². The van der Waals surface area contributed by atoms with E-state index in [9.17, 15) is 4.79 Å². The molecule has 1 aromatic rings. The van der Waals surface area contributed by atoms with E-state index in [0.29, 0.717) is 12.3 Å². The van der Waals surface area contributed by atoms with Crippen molar-refractivity contribution in [1.82, 2.24) is 4.90 Å². The highest BCUT2D eigenvalue weighted by atomic mass is 35.5. The molecule has 0 saturated carbocycles. The Morgan fingerprint density at radius 2 is 1.89 bits per heavy atom. The van der Waals surface area contributed by atoms with Crippen molar-refractivity contribution < 1.29 is 4.79 Å². The van der Waals surface area contributed by atoms with Crippen LogP contribution in [0.5, 0.6) is 0 Å². The van der Waals surface area contributed by atoms with Crippen LogP contribution in [-0.4, -0.2) is 35.4 Å². The molecule has 1 aliphatic rings. The van der Waals surface area contributed by atoms with E-state index in [0.717, 1.165) is 42.5 Å². The van der Waals surface area contributed by atoms with Crippen molar-refractivity contribution in [3.05, 3.63) is 34.9 Å². The largest absolute Gasteiger partial charge is 0.341 e. The molecule has 0 radical (unpaired) electrons. The molecule has 0 aliphatic carbocycles. The van der Waals surface area contributed by atoms with E-state index in [-0.39, 0.29) is 0 Å². The summed E-state index contributed by atoms with van der Waals surface area (Å²) < 4.78 is 0. The molecule has 0 bridgehead atoms. The van der Waals surface area contributed by atoms with Gasteiger partial charge in [-0.05, 0) is 30.5 Å². The van der Waals surface area contributed by atoms with Crippen LogP contribution in [0.3, 0.4) is 0 Å². The van der Waals surface area contributed by atoms with E-state index in [2.05, 4.69) is 0 Å². The lowest BCUT2D eigenvalue weighted by atomic mass is 10.1. The lowest BCUT2D eigenvalue weighted by molar-refractivity contribution is -0.130. The van der Waals surface area contributed by atoms with Gasteiger partial charge < -0.3 is 4.90 Å². The maximum absolute atomic E-state index is 11.9. The highest BCUT2D eigenvalue weighted by Gasteiger charge is 2.15. The van der Waals surface area contributed by atoms with E-state index >= 15 is 0 Å². The van der Waals surface area contributed by atoms with Crippen LogP contribution in [0, 0.1) is 0 Å². The lowest BCUT2D eigenvalue weighted by Gasteiger charge is -2.26. The topological polar surface area (TPSA) is 20.3 Å². The van der Waals surface area contributed by atoms with Gasteiger partial charge in [-0.3, -0.25) is 4.79 Å². The fourth-order valence-electron chi connectivity index (χ4n) is 2.07. The van der Waals surface area contributed by atoms with Gasteiger partial charge in [-0.15, -0.1) is 0 Å². The van der Waals surface area contributed by atoms with Crippen LogP contribution < -0.4 is 0 Å². The number of carbonyl (C=O) groups is 1. The number of hydrogen-bond acceptors (Lipinski definition) is 2. The van der Waals surface area contributed by atoms with Crippen LogP contribution in [0.25, 0.3) is 0 Å². The second-order valence-electron chi connectivity index (χ2n) is 4.47. The van der Waals surface area contributed by atoms with Crippen LogP contribution in [0.15, 0.2) is 24.3 Å². The summed E-state index contributed by atoms with van der Waals surface area (Å²) in [5, 5.41) is 0.764. The summed E-state index contributed by atoms with van der Waals surface area (Å²) in [5.41, 5.74) is 1.25. The van der Waals surface area contributed by atoms with Crippen molar-refractivity contribution in [2.45, 2.75) is 19.3 Å². The molecular formula is C14H18ClNOS. The fourth-order valence-corrected chi connectivity index (χ4v) is 3.09. The summed E-state index contributed by atoms with van der Waals surface area (Å²) in [6.07, 6.45) is 2.53. The van der Waals surface area contributed by atoms with Gasteiger partial charge in [0.15, 0.2) is 0 Å². The molecule has 1 amide bonds. The van der Waals surface area contributed by atoms with Crippen LogP contribution >= 0.6 is 23.4 Å². The Hall–Kier alpha value is -0.670. The zero-order valence-corrected chi connectivity index (χ0v) is 12.0. The van der Waals surface area contributed by atoms with Crippen molar-refractivity contribution in [1.29, 1.82) is 0 Å². The van der Waals surface area contributed by atoms with Crippen LogP contribution in [-0.2, 0) is 11.2 Å². The third-order valence-corrected chi connectivity index (χ3v) is 4.33. The molecule has 18 heavy (non-hydrogen) atoms. The second kappa shape index (κ2) is 7.05. The highest BCUT2D eigenvalue weighted by molar-refractivity contribution is 7.99. The first-order valence-corrected chi connectivity index (χ1v) is 7.89. The Morgan fingerprint density at radius 1 is 1.22 bits per heavy atom. The summed E-state index contributed by atoms with van der Waals surface area (Å²) in [6, 6.07) is 7.87. The molecule has 1 fully saturated rings. The average Bonchev–Trinajstić information content (AvgIpc) is 2.42. The second-order valence-corrected chi connectivity index (χ2v) is 6.13. The molecule has 0 aromatic heterocycles. The number of aryl methyl sites for hydroxylation is 1. The maximum Gasteiger partial charge on any atom is 0.222 e. The summed E-state index contributed by atoms with van der Waals surface area (Å²) in [5.74, 6) is 2.48. The predicted octanol–water partition coefficient (Wildman–Crippen LogP) is 3.24. The molecule has 2 rings (SSSR count). The molecule has 2 nitrogen and oxygen atoms in total. The normalized spacial score (nSPS) is 15.7. The van der Waals surface area contributed by atoms with Crippen molar-refractivity contribution in [2.24, 2.45) is 0 Å². The summed E-state index contributed by atoms with van der Waals surface area (Å²) >= 11 is 7.77. The van der Waals surface area contributed by atoms with E-state index in [1.54, 1.807) is 0 Å². The zero-order chi connectivity index (χ0) is 12.8. The monoisotopic (exact) mass is 283 g/mol. The van der Waals surface area contributed by atoms with Gasteiger partial charge in [0, 0.05) is 36.0 Å². The number of halogens is 1. The van der Waals surface area contributed by atoms with E-state index < -0.39 is 0 Å². The van der Waals surface area contributed by atoms with E-state index in [1.807, 2.05) is 40.9 Å². The third kappa shape index (κ3) is 4.21. The number of amides is 1. The SMILES string of the molecule is O=C(CCCc1ccc(Cl)cc1)N1CCSCC1. The van der Waals surface area contributed by atoms with Crippen molar-refractivity contribution in [3.63, 3.8) is 0 Å². The first-order valence-electron chi connectivity index (χ1n) is 6.35. The Bertz CT molecular complexity index is 387. The summed E-state index contributed by atoms with van der Waals surface area (Å²) in [6.45, 7) is 1.84. The Morgan fingerprint density at radius 3 is 2.56 bits per heavy atom. The average molecular weight is 284 g/mol. The van der Waals surface area contributed by atoms with Gasteiger partial charge in [0.05, 0.1) is 0 Å². The van der Waals surface area contributed by atoms with E-state index in [1.165, 1.54) is 5.56 Å². The standard InChI is InChI=1S/C14H18ClNOS/c15-13-6-4-12(5-7-13)2-1-3-14(17)16-8-10-18-11-9-16/h4-7H,1-3,8-11H2. The molecule has 0 spiro atoms. The zero-order valence-electron chi connectivity index (χ0n) is 10.4. The number of hydrogen-bond donors (Lipinski definition) is 0.